The topological polar surface area (TPSA) is 102 Å². The van der Waals surface area contributed by atoms with Gasteiger partial charge in [0.2, 0.25) is 10.0 Å². The summed E-state index contributed by atoms with van der Waals surface area (Å²) >= 11 is 0. The lowest BCUT2D eigenvalue weighted by Gasteiger charge is -2.09. The van der Waals surface area contributed by atoms with Gasteiger partial charge in [-0.3, -0.25) is 9.78 Å². The zero-order valence-corrected chi connectivity index (χ0v) is 11.5. The van der Waals surface area contributed by atoms with Gasteiger partial charge in [0, 0.05) is 17.5 Å². The standard InChI is InChI=1S/C13H13N3O3S/c1-9-8-10(6-7-15-9)13(17)16-11-4-2-3-5-12(11)20(14,18)19/h2-8H,1H3,(H,16,17)(H2,14,18,19). The minimum Gasteiger partial charge on any atom is -0.321 e. The molecule has 20 heavy (non-hydrogen) atoms. The van der Waals surface area contributed by atoms with Crippen molar-refractivity contribution < 1.29 is 13.2 Å². The number of nitrogens with two attached hydrogens (primary N) is 1. The molecule has 0 saturated heterocycles. The van der Waals surface area contributed by atoms with Crippen LogP contribution in [0.5, 0.6) is 0 Å². The summed E-state index contributed by atoms with van der Waals surface area (Å²) in [7, 11) is -3.90. The maximum atomic E-state index is 12.1. The second-order valence-corrected chi connectivity index (χ2v) is 5.71. The number of hydrogen-bond donors (Lipinski definition) is 2. The molecule has 0 aliphatic rings. The van der Waals surface area contributed by atoms with E-state index < -0.39 is 15.9 Å². The van der Waals surface area contributed by atoms with Gasteiger partial charge in [0.15, 0.2) is 0 Å². The number of nitrogens with zero attached hydrogens (tertiary/aromatic N) is 1. The molecular formula is C13H13N3O3S. The highest BCUT2D eigenvalue weighted by Gasteiger charge is 2.15. The summed E-state index contributed by atoms with van der Waals surface area (Å²) in [5.74, 6) is -0.424. The molecule has 0 saturated carbocycles. The molecule has 0 aliphatic carbocycles. The number of benzene rings is 1. The number of para-hydroxylation sites is 1. The Morgan fingerprint density at radius 3 is 2.60 bits per heavy atom. The smallest absolute Gasteiger partial charge is 0.255 e. The summed E-state index contributed by atoms with van der Waals surface area (Å²) in [5, 5.41) is 7.64. The molecule has 1 aromatic carbocycles. The molecule has 0 atom stereocenters. The molecule has 6 nitrogen and oxygen atoms in total. The monoisotopic (exact) mass is 291 g/mol. The van der Waals surface area contributed by atoms with E-state index in [1.54, 1.807) is 25.1 Å². The summed E-state index contributed by atoms with van der Waals surface area (Å²) in [6.07, 6.45) is 1.51. The molecular weight excluding hydrogens is 278 g/mol. The fourth-order valence-electron chi connectivity index (χ4n) is 1.70. The van der Waals surface area contributed by atoms with Crippen LogP contribution in [0.25, 0.3) is 0 Å². The van der Waals surface area contributed by atoms with Gasteiger partial charge in [-0.1, -0.05) is 12.1 Å². The van der Waals surface area contributed by atoms with E-state index in [0.29, 0.717) is 11.3 Å². The zero-order valence-electron chi connectivity index (χ0n) is 10.7. The minimum atomic E-state index is -3.90. The van der Waals surface area contributed by atoms with E-state index in [2.05, 4.69) is 10.3 Å². The molecule has 0 spiro atoms. The van der Waals surface area contributed by atoms with Crippen LogP contribution < -0.4 is 10.5 Å². The lowest BCUT2D eigenvalue weighted by atomic mass is 10.2. The van der Waals surface area contributed by atoms with E-state index in [4.69, 9.17) is 5.14 Å². The number of nitrogens with one attached hydrogen (secondary N) is 1. The Morgan fingerprint density at radius 2 is 1.95 bits per heavy atom. The first-order valence-electron chi connectivity index (χ1n) is 5.74. The van der Waals surface area contributed by atoms with E-state index in [0.717, 1.165) is 0 Å². The Labute approximate surface area is 116 Å². The van der Waals surface area contributed by atoms with Gasteiger partial charge in [0.25, 0.3) is 5.91 Å². The molecule has 7 heteroatoms. The van der Waals surface area contributed by atoms with Crippen molar-refractivity contribution in [2.75, 3.05) is 5.32 Å². The first kappa shape index (κ1) is 14.2. The zero-order chi connectivity index (χ0) is 14.8. The molecule has 0 unspecified atom stereocenters. The van der Waals surface area contributed by atoms with Gasteiger partial charge in [0.1, 0.15) is 4.90 Å². The predicted octanol–water partition coefficient (Wildman–Crippen LogP) is 1.29. The Kier molecular flexibility index (Phi) is 3.82. The summed E-state index contributed by atoms with van der Waals surface area (Å²) < 4.78 is 22.9. The van der Waals surface area contributed by atoms with Gasteiger partial charge in [-0.05, 0) is 31.2 Å². The van der Waals surface area contributed by atoms with Crippen LogP contribution in [0, 0.1) is 6.92 Å². The van der Waals surface area contributed by atoms with E-state index in [-0.39, 0.29) is 10.6 Å². The largest absolute Gasteiger partial charge is 0.321 e. The maximum Gasteiger partial charge on any atom is 0.255 e. The molecule has 2 rings (SSSR count). The number of hydrogen-bond acceptors (Lipinski definition) is 4. The summed E-state index contributed by atoms with van der Waals surface area (Å²) in [6.45, 7) is 1.76. The van der Waals surface area contributed by atoms with Crippen molar-refractivity contribution in [1.29, 1.82) is 0 Å². The third-order valence-corrected chi connectivity index (χ3v) is 3.57. The van der Waals surface area contributed by atoms with Crippen LogP contribution in [-0.4, -0.2) is 19.3 Å². The number of aromatic nitrogens is 1. The van der Waals surface area contributed by atoms with Crippen LogP contribution >= 0.6 is 0 Å². The normalized spacial score (nSPS) is 11.1. The summed E-state index contributed by atoms with van der Waals surface area (Å²) in [4.78, 5) is 15.9. The summed E-state index contributed by atoms with van der Waals surface area (Å²) in [5.41, 5.74) is 1.23. The minimum absolute atomic E-state index is 0.126. The van der Waals surface area contributed by atoms with E-state index in [9.17, 15) is 13.2 Å². The van der Waals surface area contributed by atoms with Crippen molar-refractivity contribution in [2.24, 2.45) is 5.14 Å². The fourth-order valence-corrected chi connectivity index (χ4v) is 2.39. The van der Waals surface area contributed by atoms with E-state index >= 15 is 0 Å². The molecule has 0 bridgehead atoms. The molecule has 3 N–H and O–H groups in total. The van der Waals surface area contributed by atoms with Crippen LogP contribution in [0.1, 0.15) is 16.1 Å². The fraction of sp³-hybridized carbons (Fsp3) is 0.0769. The molecule has 0 aliphatic heterocycles. The van der Waals surface area contributed by atoms with Crippen molar-refractivity contribution in [1.82, 2.24) is 4.98 Å². The first-order chi connectivity index (χ1) is 9.38. The molecule has 1 heterocycles. The van der Waals surface area contributed by atoms with Crippen molar-refractivity contribution in [2.45, 2.75) is 11.8 Å². The Morgan fingerprint density at radius 1 is 1.25 bits per heavy atom. The first-order valence-corrected chi connectivity index (χ1v) is 7.28. The molecule has 1 aromatic heterocycles. The SMILES string of the molecule is Cc1cc(C(=O)Nc2ccccc2S(N)(=O)=O)ccn1. The van der Waals surface area contributed by atoms with Gasteiger partial charge in [-0.15, -0.1) is 0 Å². The number of rotatable bonds is 3. The number of aryl methyl sites for hydroxylation is 1. The lowest BCUT2D eigenvalue weighted by Crippen LogP contribution is -2.18. The highest BCUT2D eigenvalue weighted by Crippen LogP contribution is 2.20. The Hall–Kier alpha value is -2.25. The molecule has 0 radical (unpaired) electrons. The van der Waals surface area contributed by atoms with Gasteiger partial charge in [-0.25, -0.2) is 13.6 Å². The van der Waals surface area contributed by atoms with E-state index in [1.165, 1.54) is 24.4 Å². The second kappa shape index (κ2) is 5.40. The number of sulfonamides is 1. The van der Waals surface area contributed by atoms with E-state index in [1.807, 2.05) is 0 Å². The van der Waals surface area contributed by atoms with Crippen molar-refractivity contribution >= 4 is 21.6 Å². The molecule has 2 aromatic rings. The third-order valence-electron chi connectivity index (χ3n) is 2.60. The molecule has 1 amide bonds. The van der Waals surface area contributed by atoms with Crippen LogP contribution in [0.15, 0.2) is 47.5 Å². The Balaban J connectivity index is 2.34. The summed E-state index contributed by atoms with van der Waals surface area (Å²) in [6, 6.07) is 9.11. The highest BCUT2D eigenvalue weighted by molar-refractivity contribution is 7.89. The molecule has 0 fully saturated rings. The van der Waals surface area contributed by atoms with Crippen molar-refractivity contribution in [3.8, 4) is 0 Å². The quantitative estimate of drug-likeness (QED) is 0.889. The average molecular weight is 291 g/mol. The van der Waals surface area contributed by atoms with Crippen LogP contribution in [0.4, 0.5) is 5.69 Å². The number of carbonyl (C=O) groups excluding carboxylic acids is 1. The van der Waals surface area contributed by atoms with Crippen LogP contribution in [-0.2, 0) is 10.0 Å². The van der Waals surface area contributed by atoms with Crippen LogP contribution in [0.2, 0.25) is 0 Å². The lowest BCUT2D eigenvalue weighted by molar-refractivity contribution is 0.102. The molecule has 104 valence electrons. The number of amides is 1. The van der Waals surface area contributed by atoms with Crippen LogP contribution in [0.3, 0.4) is 0 Å². The van der Waals surface area contributed by atoms with Gasteiger partial charge in [0.05, 0.1) is 5.69 Å². The maximum absolute atomic E-state index is 12.1. The number of anilines is 1. The third kappa shape index (κ3) is 3.19. The van der Waals surface area contributed by atoms with Crippen molar-refractivity contribution in [3.05, 3.63) is 53.9 Å². The number of pyridine rings is 1. The Bertz CT molecular complexity index is 757. The van der Waals surface area contributed by atoms with Gasteiger partial charge < -0.3 is 5.32 Å². The average Bonchev–Trinajstić information content (AvgIpc) is 2.38. The van der Waals surface area contributed by atoms with Gasteiger partial charge in [-0.2, -0.15) is 0 Å². The second-order valence-electron chi connectivity index (χ2n) is 4.18. The van der Waals surface area contributed by atoms with Crippen molar-refractivity contribution in [3.63, 3.8) is 0 Å². The predicted molar refractivity (Wildman–Crippen MR) is 74.7 cm³/mol. The number of primary sulfonamides is 1. The number of carbonyl (C=O) groups is 1. The highest BCUT2D eigenvalue weighted by atomic mass is 32.2. The van der Waals surface area contributed by atoms with Gasteiger partial charge >= 0.3 is 0 Å².